The first-order valence-corrected chi connectivity index (χ1v) is 7.19. The summed E-state index contributed by atoms with van der Waals surface area (Å²) in [5.74, 6) is -0.250. The van der Waals surface area contributed by atoms with E-state index in [-0.39, 0.29) is 18.1 Å². The smallest absolute Gasteiger partial charge is 0.323 e. The zero-order valence-electron chi connectivity index (χ0n) is 12.1. The SMILES string of the molecule is COC(=O)[C@@H]1Cc2c([nH]c3ccccc23)C(c2cnc[nH]2)N1. The number of esters is 1. The molecule has 1 aromatic carbocycles. The number of fused-ring (bicyclic) bond motifs is 3. The van der Waals surface area contributed by atoms with Gasteiger partial charge in [0.25, 0.3) is 0 Å². The molecule has 0 radical (unpaired) electrons. The van der Waals surface area contributed by atoms with E-state index in [0.717, 1.165) is 27.9 Å². The van der Waals surface area contributed by atoms with Crippen LogP contribution in [0.5, 0.6) is 0 Å². The summed E-state index contributed by atoms with van der Waals surface area (Å²) in [4.78, 5) is 22.7. The minimum atomic E-state index is -0.370. The Labute approximate surface area is 126 Å². The summed E-state index contributed by atoms with van der Waals surface area (Å²) in [6.45, 7) is 0. The Kier molecular flexibility index (Phi) is 2.97. The second-order valence-electron chi connectivity index (χ2n) is 5.45. The highest BCUT2D eigenvalue weighted by molar-refractivity contribution is 5.87. The molecule has 0 amide bonds. The number of para-hydroxylation sites is 1. The first-order valence-electron chi connectivity index (χ1n) is 7.19. The van der Waals surface area contributed by atoms with E-state index in [4.69, 9.17) is 4.74 Å². The molecule has 0 saturated carbocycles. The van der Waals surface area contributed by atoms with Crippen LogP contribution in [0.4, 0.5) is 0 Å². The van der Waals surface area contributed by atoms with Crippen LogP contribution in [-0.4, -0.2) is 34.1 Å². The van der Waals surface area contributed by atoms with Crippen LogP contribution in [0.1, 0.15) is 23.0 Å². The van der Waals surface area contributed by atoms with Crippen molar-refractivity contribution in [2.24, 2.45) is 0 Å². The van der Waals surface area contributed by atoms with Crippen molar-refractivity contribution in [3.05, 3.63) is 53.7 Å². The van der Waals surface area contributed by atoms with E-state index < -0.39 is 0 Å². The summed E-state index contributed by atoms with van der Waals surface area (Å²) < 4.78 is 4.92. The number of nitrogens with zero attached hydrogens (tertiary/aromatic N) is 1. The molecule has 2 atom stereocenters. The predicted octanol–water partition coefficient (Wildman–Crippen LogP) is 1.67. The molecule has 0 spiro atoms. The molecule has 1 aliphatic heterocycles. The molecule has 3 aromatic rings. The third kappa shape index (κ3) is 1.92. The number of H-pyrrole nitrogens is 2. The van der Waals surface area contributed by atoms with Gasteiger partial charge in [-0.2, -0.15) is 0 Å². The number of nitrogens with one attached hydrogen (secondary N) is 3. The highest BCUT2D eigenvalue weighted by Crippen LogP contribution is 2.34. The summed E-state index contributed by atoms with van der Waals surface area (Å²) in [7, 11) is 1.42. The van der Waals surface area contributed by atoms with Gasteiger partial charge in [0, 0.05) is 29.2 Å². The van der Waals surface area contributed by atoms with Crippen LogP contribution in [0.15, 0.2) is 36.8 Å². The maximum absolute atomic E-state index is 12.0. The lowest BCUT2D eigenvalue weighted by Crippen LogP contribution is -2.45. The van der Waals surface area contributed by atoms with Gasteiger partial charge in [0.15, 0.2) is 0 Å². The molecular weight excluding hydrogens is 280 g/mol. The Morgan fingerprint density at radius 3 is 3.00 bits per heavy atom. The topological polar surface area (TPSA) is 82.8 Å². The molecule has 6 heteroatoms. The number of aromatic nitrogens is 3. The standard InChI is InChI=1S/C16H16N4O2/c1-22-16(21)12-6-10-9-4-2-3-5-11(9)19-14(10)15(20-12)13-7-17-8-18-13/h2-5,7-8,12,15,19-20H,6H2,1H3,(H,17,18)/t12-,15?/m0/s1. The van der Waals surface area contributed by atoms with E-state index in [2.05, 4.69) is 26.3 Å². The molecule has 0 bridgehead atoms. The van der Waals surface area contributed by atoms with Gasteiger partial charge >= 0.3 is 5.97 Å². The van der Waals surface area contributed by atoms with Crippen LogP contribution in [0.2, 0.25) is 0 Å². The molecule has 0 fully saturated rings. The number of benzene rings is 1. The number of methoxy groups -OCH3 is 1. The zero-order chi connectivity index (χ0) is 15.1. The molecule has 6 nitrogen and oxygen atoms in total. The summed E-state index contributed by atoms with van der Waals surface area (Å²) in [6.07, 6.45) is 4.02. The number of aromatic amines is 2. The van der Waals surface area contributed by atoms with Gasteiger partial charge in [0.2, 0.25) is 0 Å². The number of ether oxygens (including phenoxy) is 1. The molecule has 0 saturated heterocycles. The van der Waals surface area contributed by atoms with Crippen molar-refractivity contribution in [1.82, 2.24) is 20.3 Å². The maximum Gasteiger partial charge on any atom is 0.323 e. The van der Waals surface area contributed by atoms with Gasteiger partial charge in [-0.25, -0.2) is 4.98 Å². The molecular formula is C16H16N4O2. The second-order valence-corrected chi connectivity index (χ2v) is 5.45. The van der Waals surface area contributed by atoms with Crippen LogP contribution < -0.4 is 5.32 Å². The van der Waals surface area contributed by atoms with Crippen molar-refractivity contribution in [3.8, 4) is 0 Å². The van der Waals surface area contributed by atoms with E-state index in [0.29, 0.717) is 6.42 Å². The predicted molar refractivity (Wildman–Crippen MR) is 81.4 cm³/mol. The Balaban J connectivity index is 1.88. The van der Waals surface area contributed by atoms with Crippen molar-refractivity contribution in [2.45, 2.75) is 18.5 Å². The lowest BCUT2D eigenvalue weighted by molar-refractivity contribution is -0.143. The highest BCUT2D eigenvalue weighted by atomic mass is 16.5. The van der Waals surface area contributed by atoms with Gasteiger partial charge in [0.1, 0.15) is 6.04 Å². The van der Waals surface area contributed by atoms with Gasteiger partial charge in [-0.3, -0.25) is 10.1 Å². The Bertz CT molecular complexity index is 822. The lowest BCUT2D eigenvalue weighted by Gasteiger charge is -2.29. The molecule has 4 rings (SSSR count). The van der Waals surface area contributed by atoms with Gasteiger partial charge in [-0.15, -0.1) is 0 Å². The highest BCUT2D eigenvalue weighted by Gasteiger charge is 2.34. The molecule has 22 heavy (non-hydrogen) atoms. The van der Waals surface area contributed by atoms with Crippen LogP contribution in [-0.2, 0) is 16.0 Å². The normalized spacial score (nSPS) is 20.8. The van der Waals surface area contributed by atoms with Crippen LogP contribution in [0.3, 0.4) is 0 Å². The summed E-state index contributed by atoms with van der Waals surface area (Å²) in [6, 6.07) is 7.63. The Morgan fingerprint density at radius 2 is 2.23 bits per heavy atom. The second kappa shape index (κ2) is 4.99. The molecule has 3 heterocycles. The Hall–Kier alpha value is -2.60. The van der Waals surface area contributed by atoms with Gasteiger partial charge in [0.05, 0.1) is 25.2 Å². The molecule has 1 unspecified atom stereocenters. The summed E-state index contributed by atoms with van der Waals surface area (Å²) in [5, 5.41) is 4.50. The Morgan fingerprint density at radius 1 is 1.36 bits per heavy atom. The number of hydrogen-bond donors (Lipinski definition) is 3. The minimum absolute atomic E-state index is 0.136. The van der Waals surface area contributed by atoms with E-state index in [1.54, 1.807) is 12.5 Å². The van der Waals surface area contributed by atoms with E-state index >= 15 is 0 Å². The number of rotatable bonds is 2. The van der Waals surface area contributed by atoms with Gasteiger partial charge < -0.3 is 14.7 Å². The fourth-order valence-corrected chi connectivity index (χ4v) is 3.20. The molecule has 3 N–H and O–H groups in total. The molecule has 2 aromatic heterocycles. The van der Waals surface area contributed by atoms with Crippen molar-refractivity contribution in [1.29, 1.82) is 0 Å². The summed E-state index contributed by atoms with van der Waals surface area (Å²) >= 11 is 0. The van der Waals surface area contributed by atoms with Crippen molar-refractivity contribution >= 4 is 16.9 Å². The van der Waals surface area contributed by atoms with Gasteiger partial charge in [-0.1, -0.05) is 18.2 Å². The maximum atomic E-state index is 12.0. The van der Waals surface area contributed by atoms with Crippen molar-refractivity contribution in [2.75, 3.05) is 7.11 Å². The van der Waals surface area contributed by atoms with Crippen LogP contribution in [0, 0.1) is 0 Å². The lowest BCUT2D eigenvalue weighted by atomic mass is 9.92. The largest absolute Gasteiger partial charge is 0.468 e. The number of carbonyl (C=O) groups is 1. The van der Waals surface area contributed by atoms with E-state index in [9.17, 15) is 4.79 Å². The number of carbonyl (C=O) groups excluding carboxylic acids is 1. The number of imidazole rings is 1. The minimum Gasteiger partial charge on any atom is -0.468 e. The van der Waals surface area contributed by atoms with E-state index in [1.165, 1.54) is 7.11 Å². The third-order valence-electron chi connectivity index (χ3n) is 4.23. The average molecular weight is 296 g/mol. The quantitative estimate of drug-likeness (QED) is 0.628. The fourth-order valence-electron chi connectivity index (χ4n) is 3.20. The number of hydrogen-bond acceptors (Lipinski definition) is 4. The van der Waals surface area contributed by atoms with Gasteiger partial charge in [-0.05, 0) is 11.6 Å². The zero-order valence-corrected chi connectivity index (χ0v) is 12.1. The first-order chi connectivity index (χ1) is 10.8. The monoisotopic (exact) mass is 296 g/mol. The molecule has 112 valence electrons. The molecule has 1 aliphatic rings. The average Bonchev–Trinajstić information content (AvgIpc) is 3.20. The fraction of sp³-hybridized carbons (Fsp3) is 0.250. The van der Waals surface area contributed by atoms with Crippen LogP contribution in [0.25, 0.3) is 10.9 Å². The summed E-state index contributed by atoms with van der Waals surface area (Å²) in [5.41, 5.74) is 4.22. The van der Waals surface area contributed by atoms with Crippen LogP contribution >= 0.6 is 0 Å². The van der Waals surface area contributed by atoms with Crippen molar-refractivity contribution in [3.63, 3.8) is 0 Å². The third-order valence-corrected chi connectivity index (χ3v) is 4.23. The molecule has 0 aliphatic carbocycles. The van der Waals surface area contributed by atoms with E-state index in [1.807, 2.05) is 18.2 Å². The first kappa shape index (κ1) is 13.1. The van der Waals surface area contributed by atoms with Crippen molar-refractivity contribution < 1.29 is 9.53 Å².